The van der Waals surface area contributed by atoms with E-state index < -0.39 is 0 Å². The molecule has 1 N–H and O–H groups in total. The maximum absolute atomic E-state index is 11.3. The van der Waals surface area contributed by atoms with Gasteiger partial charge < -0.3 is 9.67 Å². The minimum atomic E-state index is -0.206. The second kappa shape index (κ2) is 6.53. The van der Waals surface area contributed by atoms with Crippen LogP contribution in [0.1, 0.15) is 63.5 Å². The first-order valence-electron chi connectivity index (χ1n) is 10.5. The van der Waals surface area contributed by atoms with Crippen LogP contribution < -0.4 is 0 Å². The van der Waals surface area contributed by atoms with E-state index in [4.69, 9.17) is 0 Å². The van der Waals surface area contributed by atoms with Crippen LogP contribution in [-0.2, 0) is 0 Å². The standard InChI is InChI=1S/C23H30N2O/c1-2-15-9-16-7-8-18(17(10-15)11-16)23(26)12-21-19-5-3-4-6-20(19)22-13-24-14-25(21)22/h3-6,13-18,21,23,26H,2,7-12H2,1H3/t15?,16?,17?,18?,21-,23-/m1/s1. The molecular weight excluding hydrogens is 320 g/mol. The third-order valence-electron chi connectivity index (χ3n) is 7.59. The lowest BCUT2D eigenvalue weighted by molar-refractivity contribution is -0.00999. The number of benzene rings is 1. The molecule has 3 heteroatoms. The van der Waals surface area contributed by atoms with Gasteiger partial charge in [0.2, 0.25) is 0 Å². The van der Waals surface area contributed by atoms with Gasteiger partial charge in [-0.15, -0.1) is 0 Å². The lowest BCUT2D eigenvalue weighted by Gasteiger charge is -2.45. The van der Waals surface area contributed by atoms with Crippen LogP contribution >= 0.6 is 0 Å². The van der Waals surface area contributed by atoms with E-state index in [-0.39, 0.29) is 12.1 Å². The largest absolute Gasteiger partial charge is 0.393 e. The van der Waals surface area contributed by atoms with E-state index in [0.29, 0.717) is 5.92 Å². The molecule has 26 heavy (non-hydrogen) atoms. The van der Waals surface area contributed by atoms with Crippen molar-refractivity contribution in [2.75, 3.05) is 0 Å². The predicted octanol–water partition coefficient (Wildman–Crippen LogP) is 5.06. The van der Waals surface area contributed by atoms with Crippen molar-refractivity contribution in [1.29, 1.82) is 0 Å². The van der Waals surface area contributed by atoms with E-state index in [0.717, 1.165) is 24.2 Å². The second-order valence-electron chi connectivity index (χ2n) is 8.94. The number of hydrogen-bond donors (Lipinski definition) is 1. The van der Waals surface area contributed by atoms with Gasteiger partial charge in [0.05, 0.1) is 30.4 Å². The number of hydrogen-bond acceptors (Lipinski definition) is 2. The van der Waals surface area contributed by atoms with Crippen molar-refractivity contribution in [2.45, 2.75) is 64.0 Å². The highest BCUT2D eigenvalue weighted by atomic mass is 16.3. The Balaban J connectivity index is 1.37. The van der Waals surface area contributed by atoms with Gasteiger partial charge in [-0.05, 0) is 61.3 Å². The van der Waals surface area contributed by atoms with Crippen molar-refractivity contribution in [3.63, 3.8) is 0 Å². The zero-order chi connectivity index (χ0) is 17.7. The molecule has 4 unspecified atom stereocenters. The fraction of sp³-hybridized carbons (Fsp3) is 0.609. The van der Waals surface area contributed by atoms with Crippen molar-refractivity contribution >= 4 is 0 Å². The number of nitrogens with zero attached hydrogens (tertiary/aromatic N) is 2. The minimum Gasteiger partial charge on any atom is -0.393 e. The summed E-state index contributed by atoms with van der Waals surface area (Å²) >= 11 is 0. The molecule has 2 aliphatic carbocycles. The summed E-state index contributed by atoms with van der Waals surface area (Å²) in [6, 6.07) is 8.87. The molecule has 2 fully saturated rings. The first kappa shape index (κ1) is 16.6. The van der Waals surface area contributed by atoms with Crippen LogP contribution in [0, 0.1) is 23.7 Å². The maximum Gasteiger partial charge on any atom is 0.0956 e. The molecule has 1 aromatic heterocycles. The number of rotatable bonds is 4. The van der Waals surface area contributed by atoms with Crippen molar-refractivity contribution in [3.05, 3.63) is 42.4 Å². The van der Waals surface area contributed by atoms with Crippen LogP contribution in [0.3, 0.4) is 0 Å². The summed E-state index contributed by atoms with van der Waals surface area (Å²) in [7, 11) is 0. The molecule has 6 atom stereocenters. The van der Waals surface area contributed by atoms with Gasteiger partial charge in [0.15, 0.2) is 0 Å². The average Bonchev–Trinajstić information content (AvgIpc) is 3.24. The molecule has 0 amide bonds. The molecule has 2 heterocycles. The quantitative estimate of drug-likeness (QED) is 0.837. The molecule has 3 aliphatic rings. The van der Waals surface area contributed by atoms with Gasteiger partial charge >= 0.3 is 0 Å². The van der Waals surface area contributed by atoms with E-state index in [1.807, 2.05) is 12.5 Å². The molecule has 1 aliphatic heterocycles. The third kappa shape index (κ3) is 2.63. The zero-order valence-electron chi connectivity index (χ0n) is 15.7. The number of aliphatic hydroxyl groups excluding tert-OH is 1. The fourth-order valence-electron chi connectivity index (χ4n) is 6.28. The van der Waals surface area contributed by atoms with Crippen LogP contribution in [0.2, 0.25) is 0 Å². The molecule has 5 rings (SSSR count). The van der Waals surface area contributed by atoms with E-state index in [9.17, 15) is 5.11 Å². The average molecular weight is 351 g/mol. The highest BCUT2D eigenvalue weighted by Gasteiger charge is 2.41. The molecule has 3 nitrogen and oxygen atoms in total. The van der Waals surface area contributed by atoms with Gasteiger partial charge in [0.1, 0.15) is 0 Å². The Morgan fingerprint density at radius 3 is 2.96 bits per heavy atom. The Bertz CT molecular complexity index is 782. The van der Waals surface area contributed by atoms with E-state index >= 15 is 0 Å². The molecule has 0 spiro atoms. The SMILES string of the molecule is CCC1CC2CCC([C@H](O)C[C@@H]3c4ccccc4-c4cncn43)C(C1)C2. The minimum absolute atomic E-state index is 0.206. The Morgan fingerprint density at radius 2 is 2.08 bits per heavy atom. The Morgan fingerprint density at radius 1 is 1.19 bits per heavy atom. The van der Waals surface area contributed by atoms with Crippen molar-refractivity contribution < 1.29 is 5.11 Å². The molecular formula is C23H30N2O. The first-order valence-corrected chi connectivity index (χ1v) is 10.5. The summed E-state index contributed by atoms with van der Waals surface area (Å²) in [5, 5.41) is 11.3. The van der Waals surface area contributed by atoms with Crippen LogP contribution in [0.4, 0.5) is 0 Å². The normalized spacial score (nSPS) is 33.5. The molecule has 2 saturated carbocycles. The molecule has 0 saturated heterocycles. The summed E-state index contributed by atoms with van der Waals surface area (Å²) in [4.78, 5) is 4.37. The van der Waals surface area contributed by atoms with Gasteiger partial charge in [-0.2, -0.15) is 0 Å². The summed E-state index contributed by atoms with van der Waals surface area (Å²) in [5.41, 5.74) is 3.84. The first-order chi connectivity index (χ1) is 12.7. The molecule has 0 radical (unpaired) electrons. The summed E-state index contributed by atoms with van der Waals surface area (Å²) in [5.74, 6) is 3.04. The third-order valence-corrected chi connectivity index (χ3v) is 7.59. The number of aromatic nitrogens is 2. The van der Waals surface area contributed by atoms with Crippen LogP contribution in [0.15, 0.2) is 36.8 Å². The molecule has 1 aromatic carbocycles. The topological polar surface area (TPSA) is 38.1 Å². The fourth-order valence-corrected chi connectivity index (χ4v) is 6.28. The van der Waals surface area contributed by atoms with Crippen LogP contribution in [-0.4, -0.2) is 20.8 Å². The lowest BCUT2D eigenvalue weighted by Crippen LogP contribution is -2.39. The van der Waals surface area contributed by atoms with Gasteiger partial charge in [-0.3, -0.25) is 0 Å². The van der Waals surface area contributed by atoms with Crippen LogP contribution in [0.5, 0.6) is 0 Å². The highest BCUT2D eigenvalue weighted by Crippen LogP contribution is 2.49. The van der Waals surface area contributed by atoms with Gasteiger partial charge in [0.25, 0.3) is 0 Å². The van der Waals surface area contributed by atoms with Gasteiger partial charge in [0, 0.05) is 5.56 Å². The highest BCUT2D eigenvalue weighted by molar-refractivity contribution is 5.68. The van der Waals surface area contributed by atoms with Gasteiger partial charge in [-0.1, -0.05) is 44.0 Å². The molecule has 2 bridgehead atoms. The predicted molar refractivity (Wildman–Crippen MR) is 104 cm³/mol. The Hall–Kier alpha value is -1.61. The second-order valence-corrected chi connectivity index (χ2v) is 8.94. The van der Waals surface area contributed by atoms with Crippen molar-refractivity contribution in [2.24, 2.45) is 23.7 Å². The number of imidazole rings is 1. The van der Waals surface area contributed by atoms with Gasteiger partial charge in [-0.25, -0.2) is 4.98 Å². The zero-order valence-corrected chi connectivity index (χ0v) is 15.7. The van der Waals surface area contributed by atoms with E-state index in [1.54, 1.807) is 0 Å². The number of fused-ring (bicyclic) bond motifs is 5. The lowest BCUT2D eigenvalue weighted by atomic mass is 9.61. The summed E-state index contributed by atoms with van der Waals surface area (Å²) in [6.07, 6.45) is 12.5. The van der Waals surface area contributed by atoms with E-state index in [1.165, 1.54) is 55.3 Å². The summed E-state index contributed by atoms with van der Waals surface area (Å²) < 4.78 is 2.27. The van der Waals surface area contributed by atoms with Crippen molar-refractivity contribution in [1.82, 2.24) is 9.55 Å². The Kier molecular flexibility index (Phi) is 4.16. The molecule has 138 valence electrons. The monoisotopic (exact) mass is 350 g/mol. The number of aliphatic hydroxyl groups is 1. The Labute approximate surface area is 156 Å². The van der Waals surface area contributed by atoms with Crippen molar-refractivity contribution in [3.8, 4) is 11.3 Å². The van der Waals surface area contributed by atoms with Crippen LogP contribution in [0.25, 0.3) is 11.3 Å². The maximum atomic E-state index is 11.3. The summed E-state index contributed by atoms with van der Waals surface area (Å²) in [6.45, 7) is 2.34. The molecule has 2 aromatic rings. The van der Waals surface area contributed by atoms with E-state index in [2.05, 4.69) is 40.7 Å². The smallest absolute Gasteiger partial charge is 0.0956 e.